The van der Waals surface area contributed by atoms with Gasteiger partial charge in [0, 0.05) is 26.2 Å². The highest BCUT2D eigenvalue weighted by Gasteiger charge is 2.44. The summed E-state index contributed by atoms with van der Waals surface area (Å²) in [6.07, 6.45) is 9.48. The Hall–Kier alpha value is -0.960. The van der Waals surface area contributed by atoms with E-state index in [1.54, 1.807) is 16.7 Å². The van der Waals surface area contributed by atoms with Crippen molar-refractivity contribution in [3.63, 3.8) is 0 Å². The predicted molar refractivity (Wildman–Crippen MR) is 118 cm³/mol. The molecule has 1 aliphatic carbocycles. The first-order valence-electron chi connectivity index (χ1n) is 11.3. The second-order valence-electron chi connectivity index (χ2n) is 8.93. The summed E-state index contributed by atoms with van der Waals surface area (Å²) >= 11 is 5.88. The lowest BCUT2D eigenvalue weighted by Gasteiger charge is -2.32. The molecular weight excluding hydrogens is 424 g/mol. The number of piperidine rings is 2. The van der Waals surface area contributed by atoms with Gasteiger partial charge < -0.3 is 9.64 Å². The molecule has 9 heteroatoms. The summed E-state index contributed by atoms with van der Waals surface area (Å²) in [4.78, 5) is 10.9. The fraction of sp³-hybridized carbons (Fsp3) is 0.810. The quantitative estimate of drug-likeness (QED) is 0.597. The molecule has 3 heterocycles. The van der Waals surface area contributed by atoms with Gasteiger partial charge in [0.15, 0.2) is 0 Å². The first-order chi connectivity index (χ1) is 14.5. The Balaban J connectivity index is 1.14. The summed E-state index contributed by atoms with van der Waals surface area (Å²) < 4.78 is 32.2. The maximum Gasteiger partial charge on any atom is 0.225 e. The van der Waals surface area contributed by atoms with Gasteiger partial charge in [-0.25, -0.2) is 22.7 Å². The molecule has 0 radical (unpaired) electrons. The van der Waals surface area contributed by atoms with Crippen LogP contribution in [-0.2, 0) is 14.8 Å². The van der Waals surface area contributed by atoms with Gasteiger partial charge in [-0.1, -0.05) is 18.5 Å². The van der Waals surface area contributed by atoms with Crippen molar-refractivity contribution in [1.82, 2.24) is 14.3 Å². The average molecular weight is 457 g/mol. The van der Waals surface area contributed by atoms with Crippen LogP contribution in [0.4, 0.5) is 5.95 Å². The summed E-state index contributed by atoms with van der Waals surface area (Å²) in [5, 5.41) is 0.572. The van der Waals surface area contributed by atoms with E-state index in [-0.39, 0.29) is 11.9 Å². The number of sulfonamides is 1. The van der Waals surface area contributed by atoms with Gasteiger partial charge in [-0.2, -0.15) is 0 Å². The van der Waals surface area contributed by atoms with Crippen molar-refractivity contribution in [2.24, 2.45) is 17.8 Å². The molecule has 3 aliphatic rings. The van der Waals surface area contributed by atoms with Gasteiger partial charge >= 0.3 is 0 Å². The van der Waals surface area contributed by atoms with E-state index in [0.717, 1.165) is 50.3 Å². The third-order valence-corrected chi connectivity index (χ3v) is 9.09. The summed E-state index contributed by atoms with van der Waals surface area (Å²) in [6.45, 7) is 5.95. The van der Waals surface area contributed by atoms with Crippen LogP contribution >= 0.6 is 11.6 Å². The van der Waals surface area contributed by atoms with Crippen molar-refractivity contribution in [2.45, 2.75) is 51.6 Å². The molecule has 4 rings (SSSR count). The molecule has 168 valence electrons. The Kier molecular flexibility index (Phi) is 7.17. The summed E-state index contributed by atoms with van der Waals surface area (Å²) in [6, 6.07) is 0. The third-order valence-electron chi connectivity index (χ3n) is 6.81. The van der Waals surface area contributed by atoms with Gasteiger partial charge in [0.2, 0.25) is 16.0 Å². The molecule has 30 heavy (non-hydrogen) atoms. The van der Waals surface area contributed by atoms with E-state index >= 15 is 0 Å². The van der Waals surface area contributed by atoms with E-state index in [2.05, 4.69) is 14.9 Å². The summed E-state index contributed by atoms with van der Waals surface area (Å²) in [5.74, 6) is 3.26. The fourth-order valence-corrected chi connectivity index (χ4v) is 6.60. The number of hydrogen-bond acceptors (Lipinski definition) is 6. The van der Waals surface area contributed by atoms with Crippen molar-refractivity contribution in [3.8, 4) is 0 Å². The fourth-order valence-electron chi connectivity index (χ4n) is 4.96. The lowest BCUT2D eigenvalue weighted by atomic mass is 9.91. The maximum atomic E-state index is 12.2. The SMILES string of the molecule is CCCS(=O)(=O)N1CCC(OCC2C[C@@H]2C2CCN(c3ncc(Cl)cn3)CC2)CC1. The van der Waals surface area contributed by atoms with Crippen LogP contribution in [0, 0.1) is 17.8 Å². The van der Waals surface area contributed by atoms with Gasteiger partial charge in [0.05, 0.1) is 35.9 Å². The highest BCUT2D eigenvalue weighted by atomic mass is 35.5. The third kappa shape index (κ3) is 5.44. The minimum atomic E-state index is -3.07. The van der Waals surface area contributed by atoms with Crippen LogP contribution in [0.25, 0.3) is 0 Å². The van der Waals surface area contributed by atoms with E-state index in [0.29, 0.717) is 30.5 Å². The number of ether oxygens (including phenoxy) is 1. The summed E-state index contributed by atoms with van der Waals surface area (Å²) in [7, 11) is -3.07. The topological polar surface area (TPSA) is 75.6 Å². The Bertz CT molecular complexity index is 791. The first-order valence-corrected chi connectivity index (χ1v) is 13.3. The molecule has 7 nitrogen and oxygen atoms in total. The Labute approximate surface area is 185 Å². The molecule has 0 spiro atoms. The molecule has 2 aliphatic heterocycles. The lowest BCUT2D eigenvalue weighted by Crippen LogP contribution is -2.42. The predicted octanol–water partition coefficient (Wildman–Crippen LogP) is 3.20. The minimum Gasteiger partial charge on any atom is -0.378 e. The number of hydrogen-bond donors (Lipinski definition) is 0. The van der Waals surface area contributed by atoms with E-state index in [9.17, 15) is 8.42 Å². The van der Waals surface area contributed by atoms with Gasteiger partial charge in [0.1, 0.15) is 0 Å². The van der Waals surface area contributed by atoms with Crippen LogP contribution in [0.5, 0.6) is 0 Å². The number of nitrogens with zero attached hydrogens (tertiary/aromatic N) is 4. The van der Waals surface area contributed by atoms with Gasteiger partial charge in [-0.05, 0) is 56.3 Å². The van der Waals surface area contributed by atoms with Gasteiger partial charge in [-0.3, -0.25) is 0 Å². The zero-order chi connectivity index (χ0) is 21.1. The van der Waals surface area contributed by atoms with Gasteiger partial charge in [0.25, 0.3) is 0 Å². The van der Waals surface area contributed by atoms with Crippen molar-refractivity contribution in [2.75, 3.05) is 43.4 Å². The number of rotatable bonds is 8. The van der Waals surface area contributed by atoms with Gasteiger partial charge in [-0.15, -0.1) is 0 Å². The normalized spacial score (nSPS) is 26.8. The second kappa shape index (κ2) is 9.67. The molecule has 1 aromatic heterocycles. The first kappa shape index (κ1) is 22.2. The second-order valence-corrected chi connectivity index (χ2v) is 11.5. The Morgan fingerprint density at radius 1 is 1.10 bits per heavy atom. The highest BCUT2D eigenvalue weighted by Crippen LogP contribution is 2.48. The molecule has 0 N–H and O–H groups in total. The Morgan fingerprint density at radius 2 is 1.77 bits per heavy atom. The zero-order valence-corrected chi connectivity index (χ0v) is 19.3. The van der Waals surface area contributed by atoms with E-state index in [1.807, 2.05) is 6.92 Å². The molecule has 0 aromatic carbocycles. The molecular formula is C21H33ClN4O3S. The maximum absolute atomic E-state index is 12.2. The lowest BCUT2D eigenvalue weighted by molar-refractivity contribution is 0.0122. The van der Waals surface area contributed by atoms with Crippen molar-refractivity contribution < 1.29 is 13.2 Å². The largest absolute Gasteiger partial charge is 0.378 e. The molecule has 0 amide bonds. The zero-order valence-electron chi connectivity index (χ0n) is 17.7. The highest BCUT2D eigenvalue weighted by molar-refractivity contribution is 7.89. The van der Waals surface area contributed by atoms with Crippen LogP contribution in [-0.4, -0.2) is 67.3 Å². The molecule has 1 saturated carbocycles. The van der Waals surface area contributed by atoms with E-state index < -0.39 is 10.0 Å². The van der Waals surface area contributed by atoms with Crippen LogP contribution in [0.15, 0.2) is 12.4 Å². The molecule has 1 aromatic rings. The monoisotopic (exact) mass is 456 g/mol. The van der Waals surface area contributed by atoms with Crippen LogP contribution in [0.1, 0.15) is 45.4 Å². The molecule has 0 bridgehead atoms. The Morgan fingerprint density at radius 3 is 2.40 bits per heavy atom. The minimum absolute atomic E-state index is 0.211. The van der Waals surface area contributed by atoms with E-state index in [1.165, 1.54) is 19.3 Å². The van der Waals surface area contributed by atoms with Crippen LogP contribution in [0.2, 0.25) is 5.02 Å². The smallest absolute Gasteiger partial charge is 0.225 e. The number of halogens is 1. The standard InChI is InChI=1S/C21H33ClN4O3S/c1-2-11-30(27,28)26-9-5-19(6-10-26)29-15-17-12-20(17)16-3-7-25(8-4-16)21-23-13-18(22)14-24-21/h13-14,16-17,19-20H,2-12,15H2,1H3/t17?,20-/m1/s1. The molecule has 2 atom stereocenters. The van der Waals surface area contributed by atoms with Crippen molar-refractivity contribution >= 4 is 27.6 Å². The molecule has 3 fully saturated rings. The summed E-state index contributed by atoms with van der Waals surface area (Å²) in [5.41, 5.74) is 0. The van der Waals surface area contributed by atoms with Crippen molar-refractivity contribution in [3.05, 3.63) is 17.4 Å². The number of anilines is 1. The van der Waals surface area contributed by atoms with Crippen LogP contribution in [0.3, 0.4) is 0 Å². The van der Waals surface area contributed by atoms with E-state index in [4.69, 9.17) is 16.3 Å². The number of aromatic nitrogens is 2. The molecule has 1 unspecified atom stereocenters. The molecule has 2 saturated heterocycles. The average Bonchev–Trinajstić information content (AvgIpc) is 3.53. The van der Waals surface area contributed by atoms with Crippen LogP contribution < -0.4 is 4.90 Å². The van der Waals surface area contributed by atoms with Crippen molar-refractivity contribution in [1.29, 1.82) is 0 Å².